The fourth-order valence-electron chi connectivity index (χ4n) is 3.69. The molecule has 2 aromatic rings. The van der Waals surface area contributed by atoms with Gasteiger partial charge in [0.2, 0.25) is 0 Å². The Labute approximate surface area is 146 Å². The lowest BCUT2D eigenvalue weighted by molar-refractivity contribution is 0.427. The van der Waals surface area contributed by atoms with Crippen molar-refractivity contribution in [3.63, 3.8) is 0 Å². The molecule has 2 heterocycles. The Bertz CT molecular complexity index is 897. The van der Waals surface area contributed by atoms with E-state index in [1.807, 2.05) is 31.5 Å². The summed E-state index contributed by atoms with van der Waals surface area (Å²) in [7, 11) is 0. The molecule has 0 spiro atoms. The summed E-state index contributed by atoms with van der Waals surface area (Å²) in [5.74, 6) is -1.09. The van der Waals surface area contributed by atoms with Crippen molar-refractivity contribution >= 4 is 11.9 Å². The third kappa shape index (κ3) is 2.63. The van der Waals surface area contributed by atoms with Crippen molar-refractivity contribution in [3.05, 3.63) is 89.3 Å². The zero-order valence-corrected chi connectivity index (χ0v) is 14.0. The van der Waals surface area contributed by atoms with Gasteiger partial charge in [0.15, 0.2) is 11.5 Å². The van der Waals surface area contributed by atoms with Crippen LogP contribution in [0.2, 0.25) is 0 Å². The van der Waals surface area contributed by atoms with Crippen molar-refractivity contribution in [3.8, 4) is 0 Å². The molecule has 0 fully saturated rings. The molecule has 0 aliphatic carbocycles. The molecule has 4 heteroatoms. The molecule has 0 amide bonds. The van der Waals surface area contributed by atoms with Crippen LogP contribution in [0.5, 0.6) is 0 Å². The van der Waals surface area contributed by atoms with E-state index >= 15 is 0 Å². The number of hydrogen-bond acceptors (Lipinski definition) is 1. The van der Waals surface area contributed by atoms with Crippen molar-refractivity contribution in [1.29, 1.82) is 0 Å². The average Bonchev–Trinajstić information content (AvgIpc) is 2.92. The van der Waals surface area contributed by atoms with Crippen molar-refractivity contribution in [1.82, 2.24) is 4.48 Å². The molecule has 0 aromatic heterocycles. The number of allylic oxidation sites excluding steroid dienone is 2. The second kappa shape index (κ2) is 6.05. The maximum Gasteiger partial charge on any atom is 0.187 e. The Balaban J connectivity index is 1.84. The molecule has 2 aromatic carbocycles. The Kier molecular flexibility index (Phi) is 3.85. The maximum atomic E-state index is 14.6. The summed E-state index contributed by atoms with van der Waals surface area (Å²) >= 11 is 0. The largest absolute Gasteiger partial charge is 0.279 e. The van der Waals surface area contributed by atoms with Gasteiger partial charge in [0.05, 0.1) is 6.54 Å². The molecular weight excluding hydrogens is 318 g/mol. The van der Waals surface area contributed by atoms with Crippen LogP contribution in [0.4, 0.5) is 14.5 Å². The molecule has 2 unspecified atom stereocenters. The third-order valence-corrected chi connectivity index (χ3v) is 4.95. The van der Waals surface area contributed by atoms with Crippen LogP contribution in [0.15, 0.2) is 71.5 Å². The Morgan fingerprint density at radius 3 is 2.64 bits per heavy atom. The van der Waals surface area contributed by atoms with Crippen LogP contribution in [0.25, 0.3) is 0 Å². The summed E-state index contributed by atoms with van der Waals surface area (Å²) in [5.41, 5.74) is 3.71. The van der Waals surface area contributed by atoms with Gasteiger partial charge in [-0.15, -0.1) is 0 Å². The summed E-state index contributed by atoms with van der Waals surface area (Å²) in [6.45, 7) is 2.71. The van der Waals surface area contributed by atoms with Crippen molar-refractivity contribution in [2.24, 2.45) is 4.99 Å². The molecule has 2 atom stereocenters. The van der Waals surface area contributed by atoms with E-state index in [9.17, 15) is 8.78 Å². The number of aryl methyl sites for hydroxylation is 1. The van der Waals surface area contributed by atoms with Crippen molar-refractivity contribution < 1.29 is 8.78 Å². The minimum Gasteiger partial charge on any atom is -0.279 e. The fourth-order valence-corrected chi connectivity index (χ4v) is 3.69. The summed E-state index contributed by atoms with van der Waals surface area (Å²) in [5, 5.41) is 0. The van der Waals surface area contributed by atoms with Gasteiger partial charge in [-0.3, -0.25) is 4.99 Å². The number of benzene rings is 2. The number of hydrogen-bond donors (Lipinski definition) is 0. The molecule has 0 bridgehead atoms. The molecule has 0 N–H and O–H groups in total. The molecule has 126 valence electrons. The van der Waals surface area contributed by atoms with E-state index in [-0.39, 0.29) is 10.5 Å². The van der Waals surface area contributed by atoms with E-state index in [1.54, 1.807) is 6.07 Å². The molecule has 0 saturated heterocycles. The Morgan fingerprint density at radius 1 is 1.08 bits per heavy atom. The third-order valence-electron chi connectivity index (χ3n) is 4.95. The number of aliphatic imine (C=N–C) groups is 1. The topological polar surface area (TPSA) is 12.4 Å². The van der Waals surface area contributed by atoms with Gasteiger partial charge in [-0.25, -0.2) is 13.3 Å². The standard InChI is InChI=1S/C21H19F2N2/c1-15-5-7-16(8-6-15)21-20-4-2-12-25(20,13-3-11-24-21)19-10-9-17(22)14-18(19)23/h2,4-12,14,21H,3,13H2,1H3/q+1. The normalized spacial score (nSPS) is 24.8. The van der Waals surface area contributed by atoms with E-state index in [2.05, 4.69) is 24.3 Å². The van der Waals surface area contributed by atoms with Crippen molar-refractivity contribution in [2.75, 3.05) is 6.54 Å². The minimum absolute atomic E-state index is 0.178. The van der Waals surface area contributed by atoms with Gasteiger partial charge < -0.3 is 0 Å². The van der Waals surface area contributed by atoms with Gasteiger partial charge in [0.1, 0.15) is 23.8 Å². The molecule has 2 aliphatic heterocycles. The molecule has 0 radical (unpaired) electrons. The van der Waals surface area contributed by atoms with Crippen LogP contribution in [0, 0.1) is 18.6 Å². The SMILES string of the molecule is Cc1ccc(C2N=CCC[N+]3(c4ccc(F)cc4F)C=CC=C23)cc1. The van der Waals surface area contributed by atoms with Crippen LogP contribution in [0.1, 0.15) is 23.6 Å². The number of halogens is 2. The molecule has 2 nitrogen and oxygen atoms in total. The second-order valence-electron chi connectivity index (χ2n) is 6.55. The quantitative estimate of drug-likeness (QED) is 0.667. The lowest BCUT2D eigenvalue weighted by Crippen LogP contribution is -2.43. The van der Waals surface area contributed by atoms with Crippen LogP contribution >= 0.6 is 0 Å². The van der Waals surface area contributed by atoms with Gasteiger partial charge in [-0.1, -0.05) is 29.8 Å². The highest BCUT2D eigenvalue weighted by molar-refractivity contribution is 5.65. The predicted octanol–water partition coefficient (Wildman–Crippen LogP) is 5.21. The zero-order valence-electron chi connectivity index (χ0n) is 14.0. The minimum atomic E-state index is -0.561. The smallest absolute Gasteiger partial charge is 0.187 e. The molecule has 0 saturated carbocycles. The summed E-state index contributed by atoms with van der Waals surface area (Å²) in [6, 6.07) is 11.9. The summed E-state index contributed by atoms with van der Waals surface area (Å²) < 4.78 is 28.3. The lowest BCUT2D eigenvalue weighted by Gasteiger charge is -2.34. The van der Waals surface area contributed by atoms with E-state index in [4.69, 9.17) is 4.99 Å². The molecular formula is C21H19F2N2+. The van der Waals surface area contributed by atoms with E-state index in [0.29, 0.717) is 12.2 Å². The molecule has 2 aliphatic rings. The van der Waals surface area contributed by atoms with Gasteiger partial charge >= 0.3 is 0 Å². The van der Waals surface area contributed by atoms with Crippen LogP contribution in [-0.2, 0) is 0 Å². The van der Waals surface area contributed by atoms with Gasteiger partial charge in [-0.05, 0) is 24.6 Å². The summed E-state index contributed by atoms with van der Waals surface area (Å²) in [4.78, 5) is 4.74. The first-order valence-corrected chi connectivity index (χ1v) is 8.42. The molecule has 4 rings (SSSR count). The van der Waals surface area contributed by atoms with Gasteiger partial charge in [0, 0.05) is 30.8 Å². The monoisotopic (exact) mass is 337 g/mol. The second-order valence-corrected chi connectivity index (χ2v) is 6.55. The predicted molar refractivity (Wildman–Crippen MR) is 97.3 cm³/mol. The van der Waals surface area contributed by atoms with E-state index < -0.39 is 11.6 Å². The zero-order chi connectivity index (χ0) is 17.4. The van der Waals surface area contributed by atoms with E-state index in [0.717, 1.165) is 23.7 Å². The highest BCUT2D eigenvalue weighted by Gasteiger charge is 2.43. The number of fused-ring (bicyclic) bond motifs is 1. The number of rotatable bonds is 2. The van der Waals surface area contributed by atoms with Crippen LogP contribution in [0.3, 0.4) is 0 Å². The van der Waals surface area contributed by atoms with Crippen LogP contribution in [-0.4, -0.2) is 12.8 Å². The first-order valence-electron chi connectivity index (χ1n) is 8.42. The highest BCUT2D eigenvalue weighted by Crippen LogP contribution is 2.44. The average molecular weight is 337 g/mol. The van der Waals surface area contributed by atoms with E-state index in [1.165, 1.54) is 11.6 Å². The highest BCUT2D eigenvalue weighted by atomic mass is 19.1. The fraction of sp³-hybridized carbons (Fsp3) is 0.190. The molecule has 25 heavy (non-hydrogen) atoms. The number of quaternary nitrogens is 1. The summed E-state index contributed by atoms with van der Waals surface area (Å²) in [6.07, 6.45) is 8.57. The maximum absolute atomic E-state index is 14.6. The first kappa shape index (κ1) is 15.9. The Morgan fingerprint density at radius 2 is 1.88 bits per heavy atom. The van der Waals surface area contributed by atoms with Gasteiger partial charge in [0.25, 0.3) is 0 Å². The first-order chi connectivity index (χ1) is 12.1. The van der Waals surface area contributed by atoms with Crippen LogP contribution < -0.4 is 4.48 Å². The lowest BCUT2D eigenvalue weighted by atomic mass is 10.0. The van der Waals surface area contributed by atoms with Crippen molar-refractivity contribution in [2.45, 2.75) is 19.4 Å². The van der Waals surface area contributed by atoms with Gasteiger partial charge in [-0.2, -0.15) is 0 Å². The Hall–Kier alpha value is -2.59. The number of nitrogens with zero attached hydrogens (tertiary/aromatic N) is 2.